The third kappa shape index (κ3) is 2.13. The minimum atomic E-state index is -4.09. The highest BCUT2D eigenvalue weighted by Gasteiger charge is 2.49. The first-order valence-electron chi connectivity index (χ1n) is 5.40. The summed E-state index contributed by atoms with van der Waals surface area (Å²) in [4.78, 5) is 0. The maximum Gasteiger partial charge on any atom is 0.391 e. The summed E-state index contributed by atoms with van der Waals surface area (Å²) >= 11 is 0. The van der Waals surface area contributed by atoms with Crippen molar-refractivity contribution >= 4 is 0 Å². The lowest BCUT2D eigenvalue weighted by molar-refractivity contribution is -0.197. The number of nitrogens with two attached hydrogens (primary N) is 1. The van der Waals surface area contributed by atoms with Gasteiger partial charge in [0.2, 0.25) is 0 Å². The highest BCUT2D eigenvalue weighted by atomic mass is 19.4. The molecule has 2 rings (SSSR count). The summed E-state index contributed by atoms with van der Waals surface area (Å²) in [5.41, 5.74) is 5.54. The predicted molar refractivity (Wildman–Crippen MR) is 49.2 cm³/mol. The van der Waals surface area contributed by atoms with Crippen molar-refractivity contribution in [1.29, 1.82) is 0 Å². The third-order valence-corrected chi connectivity index (χ3v) is 3.74. The van der Waals surface area contributed by atoms with E-state index in [4.69, 9.17) is 10.5 Å². The summed E-state index contributed by atoms with van der Waals surface area (Å²) in [5.74, 6) is -0.975. The molecule has 88 valence electrons. The van der Waals surface area contributed by atoms with Gasteiger partial charge in [0.15, 0.2) is 0 Å². The minimum absolute atomic E-state index is 0.0159. The predicted octanol–water partition coefficient (Wildman–Crippen LogP) is 1.94. The van der Waals surface area contributed by atoms with Gasteiger partial charge in [0, 0.05) is 6.61 Å². The van der Waals surface area contributed by atoms with Crippen LogP contribution in [0.1, 0.15) is 19.3 Å². The van der Waals surface area contributed by atoms with Crippen LogP contribution in [0.25, 0.3) is 0 Å². The summed E-state index contributed by atoms with van der Waals surface area (Å²) < 4.78 is 43.2. The van der Waals surface area contributed by atoms with Crippen molar-refractivity contribution in [2.75, 3.05) is 13.2 Å². The van der Waals surface area contributed by atoms with E-state index in [-0.39, 0.29) is 30.8 Å². The summed E-state index contributed by atoms with van der Waals surface area (Å²) in [6.07, 6.45) is -3.12. The lowest BCUT2D eigenvalue weighted by Crippen LogP contribution is -2.42. The van der Waals surface area contributed by atoms with Crippen LogP contribution in [0.5, 0.6) is 0 Å². The van der Waals surface area contributed by atoms with Crippen LogP contribution >= 0.6 is 0 Å². The summed E-state index contributed by atoms with van der Waals surface area (Å²) in [6.45, 7) is 0.938. The molecule has 0 unspecified atom stereocenters. The quantitative estimate of drug-likeness (QED) is 0.737. The first-order valence-corrected chi connectivity index (χ1v) is 5.40. The molecule has 5 heteroatoms. The van der Waals surface area contributed by atoms with Gasteiger partial charge in [-0.3, -0.25) is 0 Å². The molecule has 2 nitrogen and oxygen atoms in total. The highest BCUT2D eigenvalue weighted by molar-refractivity contribution is 4.92. The number of alkyl halides is 3. The Bertz CT molecular complexity index is 231. The van der Waals surface area contributed by atoms with Crippen LogP contribution in [-0.2, 0) is 4.74 Å². The van der Waals surface area contributed by atoms with Gasteiger partial charge in [0.25, 0.3) is 0 Å². The smallest absolute Gasteiger partial charge is 0.378 e. The topological polar surface area (TPSA) is 35.2 Å². The molecule has 2 N–H and O–H groups in total. The van der Waals surface area contributed by atoms with Crippen LogP contribution in [0.2, 0.25) is 0 Å². The van der Waals surface area contributed by atoms with Gasteiger partial charge >= 0.3 is 6.18 Å². The highest BCUT2D eigenvalue weighted by Crippen LogP contribution is 2.46. The van der Waals surface area contributed by atoms with Crippen molar-refractivity contribution in [3.63, 3.8) is 0 Å². The normalized spacial score (nSPS) is 41.6. The van der Waals surface area contributed by atoms with E-state index in [0.717, 1.165) is 6.42 Å². The van der Waals surface area contributed by atoms with Crippen molar-refractivity contribution < 1.29 is 17.9 Å². The monoisotopic (exact) mass is 223 g/mol. The fourth-order valence-corrected chi connectivity index (χ4v) is 2.90. The average Bonchev–Trinajstić information content (AvgIpc) is 2.62. The third-order valence-electron chi connectivity index (χ3n) is 3.74. The molecular weight excluding hydrogens is 207 g/mol. The van der Waals surface area contributed by atoms with Crippen LogP contribution in [0.4, 0.5) is 13.2 Å². The summed E-state index contributed by atoms with van der Waals surface area (Å²) in [7, 11) is 0. The average molecular weight is 223 g/mol. The van der Waals surface area contributed by atoms with Gasteiger partial charge in [0.05, 0.1) is 12.0 Å². The molecule has 0 radical (unpaired) electrons. The van der Waals surface area contributed by atoms with Crippen LogP contribution in [0.3, 0.4) is 0 Å². The Kier molecular flexibility index (Phi) is 2.94. The maximum absolute atomic E-state index is 12.6. The molecule has 0 aromatic heterocycles. The molecule has 1 aliphatic carbocycles. The van der Waals surface area contributed by atoms with Crippen molar-refractivity contribution in [3.05, 3.63) is 0 Å². The standard InChI is InChI=1S/C10H16F3NO/c11-10(12,13)7-3-6(5-14)8-1-2-15-9(8)4-7/h6-9H,1-5,14H2/t6-,7-,8-,9+/m0/s1. The Hall–Kier alpha value is -0.290. The molecule has 0 bridgehead atoms. The molecule has 1 saturated carbocycles. The number of halogens is 3. The number of rotatable bonds is 1. The van der Waals surface area contributed by atoms with Crippen LogP contribution < -0.4 is 5.73 Å². The summed E-state index contributed by atoms with van der Waals surface area (Å²) in [5, 5.41) is 0. The van der Waals surface area contributed by atoms with E-state index >= 15 is 0 Å². The second-order valence-corrected chi connectivity index (χ2v) is 4.57. The number of hydrogen-bond donors (Lipinski definition) is 1. The van der Waals surface area contributed by atoms with Gasteiger partial charge in [-0.05, 0) is 37.6 Å². The Morgan fingerprint density at radius 2 is 2.00 bits per heavy atom. The zero-order chi connectivity index (χ0) is 11.1. The Morgan fingerprint density at radius 1 is 1.27 bits per heavy atom. The van der Waals surface area contributed by atoms with Crippen molar-refractivity contribution in [3.8, 4) is 0 Å². The van der Waals surface area contributed by atoms with Gasteiger partial charge in [-0.2, -0.15) is 13.2 Å². The Labute approximate surface area is 87.0 Å². The fourth-order valence-electron chi connectivity index (χ4n) is 2.90. The van der Waals surface area contributed by atoms with Gasteiger partial charge in [-0.25, -0.2) is 0 Å². The molecular formula is C10H16F3NO. The fraction of sp³-hybridized carbons (Fsp3) is 1.00. The van der Waals surface area contributed by atoms with E-state index in [2.05, 4.69) is 0 Å². The van der Waals surface area contributed by atoms with E-state index in [1.165, 1.54) is 0 Å². The molecule has 0 spiro atoms. The van der Waals surface area contributed by atoms with Crippen LogP contribution in [0, 0.1) is 17.8 Å². The van der Waals surface area contributed by atoms with E-state index in [1.54, 1.807) is 0 Å². The first kappa shape index (κ1) is 11.2. The van der Waals surface area contributed by atoms with Crippen molar-refractivity contribution in [2.24, 2.45) is 23.5 Å². The number of ether oxygens (including phenoxy) is 1. The van der Waals surface area contributed by atoms with E-state index in [1.807, 2.05) is 0 Å². The van der Waals surface area contributed by atoms with E-state index < -0.39 is 12.1 Å². The SMILES string of the molecule is NC[C@@H]1C[C@H](C(F)(F)F)C[C@H]2OCC[C@@H]12. The van der Waals surface area contributed by atoms with Crippen LogP contribution in [0.15, 0.2) is 0 Å². The zero-order valence-electron chi connectivity index (χ0n) is 8.46. The zero-order valence-corrected chi connectivity index (χ0v) is 8.46. The molecule has 1 aliphatic heterocycles. The summed E-state index contributed by atoms with van der Waals surface area (Å²) in [6, 6.07) is 0. The Balaban J connectivity index is 2.08. The van der Waals surface area contributed by atoms with Crippen molar-refractivity contribution in [1.82, 2.24) is 0 Å². The maximum atomic E-state index is 12.6. The van der Waals surface area contributed by atoms with Gasteiger partial charge in [-0.1, -0.05) is 0 Å². The second-order valence-electron chi connectivity index (χ2n) is 4.57. The van der Waals surface area contributed by atoms with Gasteiger partial charge in [-0.15, -0.1) is 0 Å². The molecule has 4 atom stereocenters. The molecule has 1 heterocycles. The molecule has 2 fully saturated rings. The lowest BCUT2D eigenvalue weighted by Gasteiger charge is -2.37. The van der Waals surface area contributed by atoms with Crippen LogP contribution in [-0.4, -0.2) is 25.4 Å². The largest absolute Gasteiger partial charge is 0.391 e. The number of hydrogen-bond acceptors (Lipinski definition) is 2. The minimum Gasteiger partial charge on any atom is -0.378 e. The number of fused-ring (bicyclic) bond motifs is 1. The molecule has 2 aliphatic rings. The molecule has 15 heavy (non-hydrogen) atoms. The molecule has 0 aromatic rings. The van der Waals surface area contributed by atoms with Gasteiger partial charge < -0.3 is 10.5 Å². The molecule has 0 amide bonds. The Morgan fingerprint density at radius 3 is 2.60 bits per heavy atom. The van der Waals surface area contributed by atoms with E-state index in [0.29, 0.717) is 13.2 Å². The first-order chi connectivity index (χ1) is 7.02. The van der Waals surface area contributed by atoms with Crippen molar-refractivity contribution in [2.45, 2.75) is 31.5 Å². The second kappa shape index (κ2) is 3.94. The molecule has 1 saturated heterocycles. The van der Waals surface area contributed by atoms with E-state index in [9.17, 15) is 13.2 Å². The lowest BCUT2D eigenvalue weighted by atomic mass is 9.72. The molecule has 0 aromatic carbocycles. The van der Waals surface area contributed by atoms with Gasteiger partial charge in [0.1, 0.15) is 0 Å².